The topological polar surface area (TPSA) is 103 Å². The van der Waals surface area contributed by atoms with Crippen LogP contribution in [0.4, 0.5) is 5.95 Å². The summed E-state index contributed by atoms with van der Waals surface area (Å²) in [6.45, 7) is 9.16. The van der Waals surface area contributed by atoms with Crippen molar-refractivity contribution in [1.29, 1.82) is 0 Å². The largest absolute Gasteiger partial charge is 0.496 e. The number of carbonyl (C=O) groups is 1. The van der Waals surface area contributed by atoms with Gasteiger partial charge in [-0.1, -0.05) is 48.5 Å². The number of hydrogen-bond donors (Lipinski definition) is 1. The maximum Gasteiger partial charge on any atom is 0.257 e. The van der Waals surface area contributed by atoms with Gasteiger partial charge in [-0.2, -0.15) is 5.10 Å². The van der Waals surface area contributed by atoms with E-state index in [0.717, 1.165) is 74.4 Å². The summed E-state index contributed by atoms with van der Waals surface area (Å²) in [6, 6.07) is 25.3. The molecule has 50 heavy (non-hydrogen) atoms. The number of piperidine rings is 1. The second-order valence-electron chi connectivity index (χ2n) is 13.5. The van der Waals surface area contributed by atoms with Crippen LogP contribution in [0.3, 0.4) is 0 Å². The number of benzene rings is 3. The number of fused-ring (bicyclic) bond motifs is 1. The Kier molecular flexibility index (Phi) is 10.4. The minimum absolute atomic E-state index is 0.0132. The standard InChI is InChI=1S/C39H48N8O3/c1-3-50-24-23-47-35-12-8-7-11-34(35)43-38(47)42-32-15-19-44(20-16-32)21-17-39(31-9-5-4-6-10-31)18-22-45(27-39)37(48)33-25-30(13-14-36(33)49-2)26-46-29-40-28-41-46/h4-14,25,28-29,32H,3,15-24,26-27H2,1-2H3,(H,42,43). The predicted molar refractivity (Wildman–Crippen MR) is 195 cm³/mol. The number of ether oxygens (including phenoxy) is 2. The summed E-state index contributed by atoms with van der Waals surface area (Å²) < 4.78 is 15.4. The number of carbonyl (C=O) groups excluding carboxylic acids is 1. The Morgan fingerprint density at radius 2 is 1.82 bits per heavy atom. The molecule has 2 saturated heterocycles. The maximum atomic E-state index is 14.1. The lowest BCUT2D eigenvalue weighted by atomic mass is 9.76. The molecule has 2 aromatic heterocycles. The van der Waals surface area contributed by atoms with Crippen molar-refractivity contribution in [2.45, 2.75) is 57.2 Å². The van der Waals surface area contributed by atoms with Crippen LogP contribution in [0.2, 0.25) is 0 Å². The molecule has 11 nitrogen and oxygen atoms in total. The van der Waals surface area contributed by atoms with Gasteiger partial charge in [0.2, 0.25) is 5.95 Å². The summed E-state index contributed by atoms with van der Waals surface area (Å²) >= 11 is 0. The molecule has 2 aliphatic rings. The Balaban J connectivity index is 1.00. The SMILES string of the molecule is CCOCCn1c(NC2CCN(CCC3(c4ccccc4)CCN(C(=O)c4cc(Cn5cncn5)ccc4OC)C3)CC2)nc2ccccc21. The molecule has 0 radical (unpaired) electrons. The predicted octanol–water partition coefficient (Wildman–Crippen LogP) is 5.47. The van der Waals surface area contributed by atoms with Crippen LogP contribution in [-0.2, 0) is 23.2 Å². The molecule has 1 amide bonds. The molecule has 3 aromatic carbocycles. The normalized spacial score (nSPS) is 18.6. The summed E-state index contributed by atoms with van der Waals surface area (Å²) in [6.07, 6.45) is 7.24. The van der Waals surface area contributed by atoms with Crippen LogP contribution in [-0.4, -0.2) is 99.1 Å². The molecule has 1 atom stereocenters. The fraction of sp³-hybridized carbons (Fsp3) is 0.436. The first-order chi connectivity index (χ1) is 24.5. The van der Waals surface area contributed by atoms with E-state index in [1.165, 1.54) is 11.9 Å². The van der Waals surface area contributed by atoms with Crippen molar-refractivity contribution >= 4 is 22.9 Å². The van der Waals surface area contributed by atoms with Gasteiger partial charge in [0.05, 0.1) is 36.9 Å². The Labute approximate surface area is 294 Å². The van der Waals surface area contributed by atoms with Crippen LogP contribution in [0.15, 0.2) is 85.5 Å². The number of anilines is 1. The number of nitrogens with one attached hydrogen (secondary N) is 1. The van der Waals surface area contributed by atoms with E-state index < -0.39 is 0 Å². The highest BCUT2D eigenvalue weighted by Crippen LogP contribution is 2.39. The molecule has 5 aromatic rings. The number of likely N-dealkylation sites (tertiary alicyclic amines) is 2. The summed E-state index contributed by atoms with van der Waals surface area (Å²) in [5, 5.41) is 8.01. The van der Waals surface area contributed by atoms with Gasteiger partial charge in [-0.3, -0.25) is 4.79 Å². The van der Waals surface area contributed by atoms with Crippen molar-refractivity contribution in [2.75, 3.05) is 58.4 Å². The molecular formula is C39H48N8O3. The average molecular weight is 677 g/mol. The Morgan fingerprint density at radius 1 is 1.00 bits per heavy atom. The van der Waals surface area contributed by atoms with E-state index in [-0.39, 0.29) is 11.3 Å². The summed E-state index contributed by atoms with van der Waals surface area (Å²) in [5.41, 5.74) is 4.93. The van der Waals surface area contributed by atoms with Gasteiger partial charge >= 0.3 is 0 Å². The first kappa shape index (κ1) is 33.7. The first-order valence-electron chi connectivity index (χ1n) is 17.9. The van der Waals surface area contributed by atoms with E-state index in [9.17, 15) is 4.79 Å². The number of aromatic nitrogens is 5. The summed E-state index contributed by atoms with van der Waals surface area (Å²) in [5.74, 6) is 1.54. The molecule has 262 valence electrons. The minimum atomic E-state index is -0.108. The molecular weight excluding hydrogens is 628 g/mol. The number of rotatable bonds is 14. The fourth-order valence-corrected chi connectivity index (χ4v) is 7.68. The van der Waals surface area contributed by atoms with E-state index in [1.807, 2.05) is 36.1 Å². The van der Waals surface area contributed by atoms with Crippen LogP contribution < -0.4 is 10.1 Å². The van der Waals surface area contributed by atoms with Gasteiger partial charge in [0.25, 0.3) is 5.91 Å². The fourth-order valence-electron chi connectivity index (χ4n) is 7.68. The van der Waals surface area contributed by atoms with Gasteiger partial charge in [0.1, 0.15) is 18.4 Å². The van der Waals surface area contributed by atoms with Gasteiger partial charge in [-0.05, 0) is 74.5 Å². The lowest BCUT2D eigenvalue weighted by Gasteiger charge is -2.36. The molecule has 7 rings (SSSR count). The van der Waals surface area contributed by atoms with Crippen LogP contribution in [0.25, 0.3) is 11.0 Å². The molecule has 1 unspecified atom stereocenters. The molecule has 11 heteroatoms. The van der Waals surface area contributed by atoms with E-state index >= 15 is 0 Å². The number of amides is 1. The number of imidazole rings is 1. The average Bonchev–Trinajstić information content (AvgIpc) is 3.92. The third kappa shape index (κ3) is 7.39. The van der Waals surface area contributed by atoms with Crippen molar-refractivity contribution in [1.82, 2.24) is 34.1 Å². The second kappa shape index (κ2) is 15.4. The van der Waals surface area contributed by atoms with Crippen molar-refractivity contribution in [2.24, 2.45) is 0 Å². The van der Waals surface area contributed by atoms with E-state index in [4.69, 9.17) is 14.5 Å². The number of methoxy groups -OCH3 is 1. The van der Waals surface area contributed by atoms with E-state index in [1.54, 1.807) is 18.1 Å². The van der Waals surface area contributed by atoms with Crippen LogP contribution in [0.1, 0.15) is 54.1 Å². The molecule has 0 aliphatic carbocycles. The zero-order valence-corrected chi connectivity index (χ0v) is 29.2. The maximum absolute atomic E-state index is 14.1. The Bertz CT molecular complexity index is 1850. The van der Waals surface area contributed by atoms with E-state index in [2.05, 4.69) is 73.4 Å². The monoisotopic (exact) mass is 676 g/mol. The third-order valence-corrected chi connectivity index (χ3v) is 10.5. The molecule has 4 heterocycles. The van der Waals surface area contributed by atoms with Crippen molar-refractivity contribution in [3.8, 4) is 5.75 Å². The summed E-state index contributed by atoms with van der Waals surface area (Å²) in [4.78, 5) is 27.7. The lowest BCUT2D eigenvalue weighted by molar-refractivity contribution is 0.0776. The smallest absolute Gasteiger partial charge is 0.257 e. The van der Waals surface area contributed by atoms with Gasteiger partial charge in [0, 0.05) is 50.8 Å². The molecule has 2 fully saturated rings. The Morgan fingerprint density at radius 3 is 2.60 bits per heavy atom. The number of nitrogens with zero attached hydrogens (tertiary/aromatic N) is 7. The Hall–Kier alpha value is -4.74. The highest BCUT2D eigenvalue weighted by Gasteiger charge is 2.42. The van der Waals surface area contributed by atoms with E-state index in [0.29, 0.717) is 50.2 Å². The molecule has 0 bridgehead atoms. The van der Waals surface area contributed by atoms with Crippen molar-refractivity contribution in [3.05, 3.63) is 102 Å². The van der Waals surface area contributed by atoms with Crippen LogP contribution in [0, 0.1) is 0 Å². The van der Waals surface area contributed by atoms with Crippen LogP contribution >= 0.6 is 0 Å². The number of para-hydroxylation sites is 2. The molecule has 0 spiro atoms. The lowest BCUT2D eigenvalue weighted by Crippen LogP contribution is -2.42. The zero-order chi connectivity index (χ0) is 34.3. The number of hydrogen-bond acceptors (Lipinski definition) is 8. The van der Waals surface area contributed by atoms with Gasteiger partial charge < -0.3 is 29.2 Å². The van der Waals surface area contributed by atoms with Crippen molar-refractivity contribution in [3.63, 3.8) is 0 Å². The molecule has 2 aliphatic heterocycles. The minimum Gasteiger partial charge on any atom is -0.496 e. The van der Waals surface area contributed by atoms with Crippen molar-refractivity contribution < 1.29 is 14.3 Å². The highest BCUT2D eigenvalue weighted by molar-refractivity contribution is 5.97. The van der Waals surface area contributed by atoms with Gasteiger partial charge in [-0.15, -0.1) is 0 Å². The quantitative estimate of drug-likeness (QED) is 0.155. The van der Waals surface area contributed by atoms with Gasteiger partial charge in [0.15, 0.2) is 0 Å². The van der Waals surface area contributed by atoms with Crippen LogP contribution in [0.5, 0.6) is 5.75 Å². The second-order valence-corrected chi connectivity index (χ2v) is 13.5. The first-order valence-corrected chi connectivity index (χ1v) is 17.9. The zero-order valence-electron chi connectivity index (χ0n) is 29.2. The van der Waals surface area contributed by atoms with Gasteiger partial charge in [-0.25, -0.2) is 14.6 Å². The molecule has 0 saturated carbocycles. The highest BCUT2D eigenvalue weighted by atomic mass is 16.5. The molecule has 1 N–H and O–H groups in total. The summed E-state index contributed by atoms with van der Waals surface area (Å²) in [7, 11) is 1.62. The third-order valence-electron chi connectivity index (χ3n) is 10.5.